The summed E-state index contributed by atoms with van der Waals surface area (Å²) in [5.41, 5.74) is 0.644. The molecule has 1 unspecified atom stereocenters. The molecule has 5 heteroatoms. The van der Waals surface area contributed by atoms with Crippen molar-refractivity contribution in [3.63, 3.8) is 0 Å². The van der Waals surface area contributed by atoms with Crippen LogP contribution in [0.1, 0.15) is 24.1 Å². The second kappa shape index (κ2) is 5.30. The van der Waals surface area contributed by atoms with Crippen LogP contribution in [0, 0.1) is 24.4 Å². The summed E-state index contributed by atoms with van der Waals surface area (Å²) in [7, 11) is 0. The monoisotopic (exact) mass is 266 g/mol. The van der Waals surface area contributed by atoms with Gasteiger partial charge in [-0.2, -0.15) is 0 Å². The predicted octanol–water partition coefficient (Wildman–Crippen LogP) is 3.98. The molecule has 1 N–H and O–H groups in total. The smallest absolute Gasteiger partial charge is 0.152 e. The van der Waals surface area contributed by atoms with E-state index < -0.39 is 23.5 Å². The molecule has 1 heterocycles. The number of hydrogen-bond acceptors (Lipinski definition) is 2. The van der Waals surface area contributed by atoms with Gasteiger partial charge in [-0.05, 0) is 37.1 Å². The fourth-order valence-electron chi connectivity index (χ4n) is 1.75. The Bertz CT molecular complexity index is 599. The van der Waals surface area contributed by atoms with Crippen molar-refractivity contribution in [3.8, 4) is 0 Å². The Kier molecular flexibility index (Phi) is 3.74. The van der Waals surface area contributed by atoms with Gasteiger partial charge in [-0.15, -0.1) is 0 Å². The summed E-state index contributed by atoms with van der Waals surface area (Å²) in [5.74, 6) is -1.81. The molecule has 0 radical (unpaired) electrons. The lowest BCUT2D eigenvalue weighted by molar-refractivity contribution is 0.578. The summed E-state index contributed by atoms with van der Waals surface area (Å²) in [5, 5.41) is 2.71. The zero-order chi connectivity index (χ0) is 14.0. The molecule has 1 aromatic heterocycles. The van der Waals surface area contributed by atoms with Crippen molar-refractivity contribution in [2.45, 2.75) is 19.9 Å². The second-order valence-corrected chi connectivity index (χ2v) is 4.36. The summed E-state index contributed by atoms with van der Waals surface area (Å²) in [6.07, 6.45) is 2.52. The van der Waals surface area contributed by atoms with E-state index in [4.69, 9.17) is 0 Å². The van der Waals surface area contributed by atoms with Crippen molar-refractivity contribution in [3.05, 3.63) is 59.2 Å². The average molecular weight is 266 g/mol. The van der Waals surface area contributed by atoms with Gasteiger partial charge in [-0.3, -0.25) is 4.98 Å². The molecular weight excluding hydrogens is 253 g/mol. The van der Waals surface area contributed by atoms with Gasteiger partial charge in [-0.25, -0.2) is 13.2 Å². The van der Waals surface area contributed by atoms with Gasteiger partial charge < -0.3 is 5.32 Å². The van der Waals surface area contributed by atoms with E-state index in [1.807, 2.05) is 0 Å². The Morgan fingerprint density at radius 3 is 2.58 bits per heavy atom. The van der Waals surface area contributed by atoms with Gasteiger partial charge in [0.15, 0.2) is 5.82 Å². The van der Waals surface area contributed by atoms with Crippen molar-refractivity contribution in [2.24, 2.45) is 0 Å². The molecule has 2 rings (SSSR count). The average Bonchev–Trinajstić information content (AvgIpc) is 2.39. The van der Waals surface area contributed by atoms with Gasteiger partial charge in [0, 0.05) is 6.20 Å². The van der Waals surface area contributed by atoms with Crippen molar-refractivity contribution in [1.82, 2.24) is 4.98 Å². The maximum absolute atomic E-state index is 13.8. The minimum Gasteiger partial charge on any atom is -0.374 e. The number of nitrogens with zero attached hydrogens (tertiary/aromatic N) is 1. The number of rotatable bonds is 3. The highest BCUT2D eigenvalue weighted by Crippen LogP contribution is 2.26. The highest BCUT2D eigenvalue weighted by molar-refractivity contribution is 5.50. The van der Waals surface area contributed by atoms with E-state index in [1.54, 1.807) is 13.8 Å². The molecule has 19 heavy (non-hydrogen) atoms. The Hall–Kier alpha value is -2.04. The third kappa shape index (κ3) is 2.86. The van der Waals surface area contributed by atoms with Crippen LogP contribution in [-0.4, -0.2) is 4.98 Å². The number of aryl methyl sites for hydroxylation is 1. The van der Waals surface area contributed by atoms with Crippen LogP contribution in [0.15, 0.2) is 30.6 Å². The lowest BCUT2D eigenvalue weighted by Gasteiger charge is -2.17. The van der Waals surface area contributed by atoms with Crippen molar-refractivity contribution < 1.29 is 13.2 Å². The normalized spacial score (nSPS) is 12.3. The topological polar surface area (TPSA) is 24.9 Å². The Morgan fingerprint density at radius 2 is 1.89 bits per heavy atom. The lowest BCUT2D eigenvalue weighted by atomic mass is 10.1. The standard InChI is InChI=1S/C14H13F3N2/c1-8-3-4-12(16)14(13(8)17)19-9(2)10-5-11(15)7-18-6-10/h3-7,9,19H,1-2H3. The van der Waals surface area contributed by atoms with Gasteiger partial charge in [-0.1, -0.05) is 6.07 Å². The maximum Gasteiger partial charge on any atom is 0.152 e. The van der Waals surface area contributed by atoms with Gasteiger partial charge in [0.2, 0.25) is 0 Å². The Labute approximate surface area is 109 Å². The van der Waals surface area contributed by atoms with E-state index in [1.165, 1.54) is 24.4 Å². The Balaban J connectivity index is 2.29. The van der Waals surface area contributed by atoms with Crippen LogP contribution in [0.25, 0.3) is 0 Å². The molecular formula is C14H13F3N2. The van der Waals surface area contributed by atoms with Gasteiger partial charge in [0.25, 0.3) is 0 Å². The Morgan fingerprint density at radius 1 is 1.16 bits per heavy atom. The second-order valence-electron chi connectivity index (χ2n) is 4.36. The zero-order valence-corrected chi connectivity index (χ0v) is 10.5. The predicted molar refractivity (Wildman–Crippen MR) is 67.3 cm³/mol. The van der Waals surface area contributed by atoms with Gasteiger partial charge >= 0.3 is 0 Å². The van der Waals surface area contributed by atoms with E-state index in [-0.39, 0.29) is 5.69 Å². The first-order valence-electron chi connectivity index (χ1n) is 5.80. The fraction of sp³-hybridized carbons (Fsp3) is 0.214. The molecule has 2 aromatic rings. The van der Waals surface area contributed by atoms with Crippen LogP contribution in [0.5, 0.6) is 0 Å². The molecule has 0 saturated heterocycles. The van der Waals surface area contributed by atoms with Crippen LogP contribution in [0.4, 0.5) is 18.9 Å². The summed E-state index contributed by atoms with van der Waals surface area (Å²) in [6, 6.07) is 3.37. The number of nitrogens with one attached hydrogen (secondary N) is 1. The van der Waals surface area contributed by atoms with Crippen molar-refractivity contribution in [2.75, 3.05) is 5.32 Å². The van der Waals surface area contributed by atoms with Crippen molar-refractivity contribution >= 4 is 5.69 Å². The first kappa shape index (κ1) is 13.4. The molecule has 100 valence electrons. The van der Waals surface area contributed by atoms with Crippen LogP contribution < -0.4 is 5.32 Å². The first-order chi connectivity index (χ1) is 8.99. The largest absolute Gasteiger partial charge is 0.374 e. The zero-order valence-electron chi connectivity index (χ0n) is 10.5. The molecule has 0 amide bonds. The number of aromatic nitrogens is 1. The van der Waals surface area contributed by atoms with E-state index in [2.05, 4.69) is 10.3 Å². The van der Waals surface area contributed by atoms with Gasteiger partial charge in [0.05, 0.1) is 12.2 Å². The molecule has 0 spiro atoms. The number of pyridine rings is 1. The van der Waals surface area contributed by atoms with E-state index in [0.29, 0.717) is 11.1 Å². The van der Waals surface area contributed by atoms with Crippen LogP contribution in [-0.2, 0) is 0 Å². The fourth-order valence-corrected chi connectivity index (χ4v) is 1.75. The molecule has 0 aliphatic heterocycles. The number of benzene rings is 1. The summed E-state index contributed by atoms with van der Waals surface area (Å²) < 4.78 is 40.5. The lowest BCUT2D eigenvalue weighted by Crippen LogP contribution is -2.10. The van der Waals surface area contributed by atoms with Crippen molar-refractivity contribution in [1.29, 1.82) is 0 Å². The summed E-state index contributed by atoms with van der Waals surface area (Å²) >= 11 is 0. The molecule has 0 bridgehead atoms. The molecule has 1 atom stereocenters. The first-order valence-corrected chi connectivity index (χ1v) is 5.80. The minimum atomic E-state index is -0.681. The third-order valence-electron chi connectivity index (χ3n) is 2.87. The number of hydrogen-bond donors (Lipinski definition) is 1. The van der Waals surface area contributed by atoms with Crippen LogP contribution in [0.3, 0.4) is 0 Å². The molecule has 0 saturated carbocycles. The van der Waals surface area contributed by atoms with E-state index in [0.717, 1.165) is 6.20 Å². The molecule has 0 aliphatic carbocycles. The van der Waals surface area contributed by atoms with Crippen LogP contribution in [0.2, 0.25) is 0 Å². The van der Waals surface area contributed by atoms with E-state index in [9.17, 15) is 13.2 Å². The highest BCUT2D eigenvalue weighted by atomic mass is 19.1. The number of anilines is 1. The van der Waals surface area contributed by atoms with Gasteiger partial charge in [0.1, 0.15) is 17.3 Å². The van der Waals surface area contributed by atoms with E-state index >= 15 is 0 Å². The minimum absolute atomic E-state index is 0.211. The quantitative estimate of drug-likeness (QED) is 0.908. The molecule has 1 aromatic carbocycles. The number of halogens is 3. The molecule has 0 aliphatic rings. The maximum atomic E-state index is 13.8. The highest BCUT2D eigenvalue weighted by Gasteiger charge is 2.15. The molecule has 2 nitrogen and oxygen atoms in total. The third-order valence-corrected chi connectivity index (χ3v) is 2.87. The molecule has 0 fully saturated rings. The summed E-state index contributed by atoms with van der Waals surface area (Å²) in [6.45, 7) is 3.23. The SMILES string of the molecule is Cc1ccc(F)c(NC(C)c2cncc(F)c2)c1F. The summed E-state index contributed by atoms with van der Waals surface area (Å²) in [4.78, 5) is 3.71. The van der Waals surface area contributed by atoms with Crippen LogP contribution >= 0.6 is 0 Å².